The number of esters is 1. The Bertz CT molecular complexity index is 768. The van der Waals surface area contributed by atoms with Crippen molar-refractivity contribution in [3.8, 4) is 0 Å². The Labute approximate surface area is 129 Å². The SMILES string of the molecule is COC(=O)c1cccc(S(=O)(=O)NCCc2cnn(C)c2)c1. The fraction of sp³-hybridized carbons (Fsp3) is 0.286. The van der Waals surface area contributed by atoms with Crippen molar-refractivity contribution in [1.29, 1.82) is 0 Å². The van der Waals surface area contributed by atoms with Crippen LogP contribution in [-0.4, -0.2) is 37.8 Å². The zero-order valence-corrected chi connectivity index (χ0v) is 13.1. The number of carbonyl (C=O) groups excluding carboxylic acids is 1. The Kier molecular flexibility index (Phi) is 4.94. The second-order valence-corrected chi connectivity index (χ2v) is 6.46. The first-order chi connectivity index (χ1) is 10.4. The summed E-state index contributed by atoms with van der Waals surface area (Å²) >= 11 is 0. The predicted octanol–water partition coefficient (Wildman–Crippen LogP) is 0.728. The maximum atomic E-state index is 12.2. The summed E-state index contributed by atoms with van der Waals surface area (Å²) in [6, 6.07) is 5.72. The van der Waals surface area contributed by atoms with Gasteiger partial charge in [0.2, 0.25) is 10.0 Å². The lowest BCUT2D eigenvalue weighted by molar-refractivity contribution is 0.0600. The molecule has 0 atom stereocenters. The maximum absolute atomic E-state index is 12.2. The van der Waals surface area contributed by atoms with Crippen LogP contribution in [0.3, 0.4) is 0 Å². The molecule has 8 heteroatoms. The van der Waals surface area contributed by atoms with Crippen LogP contribution in [0.5, 0.6) is 0 Å². The van der Waals surface area contributed by atoms with Gasteiger partial charge in [-0.05, 0) is 30.2 Å². The van der Waals surface area contributed by atoms with E-state index in [2.05, 4.69) is 14.6 Å². The van der Waals surface area contributed by atoms with Crippen molar-refractivity contribution < 1.29 is 17.9 Å². The Balaban J connectivity index is 2.05. The van der Waals surface area contributed by atoms with E-state index in [1.54, 1.807) is 17.9 Å². The van der Waals surface area contributed by atoms with E-state index in [-0.39, 0.29) is 17.0 Å². The summed E-state index contributed by atoms with van der Waals surface area (Å²) in [6.07, 6.45) is 4.04. The molecule has 2 aromatic rings. The Morgan fingerprint density at radius 1 is 1.41 bits per heavy atom. The number of methoxy groups -OCH3 is 1. The summed E-state index contributed by atoms with van der Waals surface area (Å²) < 4.78 is 33.2. The lowest BCUT2D eigenvalue weighted by Crippen LogP contribution is -2.26. The molecule has 0 unspecified atom stereocenters. The molecule has 0 aliphatic heterocycles. The molecule has 118 valence electrons. The van der Waals surface area contributed by atoms with E-state index >= 15 is 0 Å². The fourth-order valence-corrected chi connectivity index (χ4v) is 3.00. The van der Waals surface area contributed by atoms with Gasteiger partial charge < -0.3 is 4.74 Å². The number of hydrogen-bond donors (Lipinski definition) is 1. The number of carbonyl (C=O) groups is 1. The van der Waals surface area contributed by atoms with Gasteiger partial charge in [-0.1, -0.05) is 6.07 Å². The monoisotopic (exact) mass is 323 g/mol. The lowest BCUT2D eigenvalue weighted by atomic mass is 10.2. The van der Waals surface area contributed by atoms with E-state index in [9.17, 15) is 13.2 Å². The fourth-order valence-electron chi connectivity index (χ4n) is 1.92. The average molecular weight is 323 g/mol. The number of sulfonamides is 1. The van der Waals surface area contributed by atoms with Crippen LogP contribution in [0.4, 0.5) is 0 Å². The molecule has 0 radical (unpaired) electrons. The summed E-state index contributed by atoms with van der Waals surface area (Å²) in [5.41, 5.74) is 1.13. The highest BCUT2D eigenvalue weighted by atomic mass is 32.2. The number of benzene rings is 1. The van der Waals surface area contributed by atoms with Gasteiger partial charge >= 0.3 is 5.97 Å². The number of aryl methyl sites for hydroxylation is 1. The molecular weight excluding hydrogens is 306 g/mol. The predicted molar refractivity (Wildman–Crippen MR) is 79.9 cm³/mol. The van der Waals surface area contributed by atoms with Gasteiger partial charge in [-0.3, -0.25) is 4.68 Å². The maximum Gasteiger partial charge on any atom is 0.337 e. The molecule has 0 aliphatic rings. The third-order valence-electron chi connectivity index (χ3n) is 3.03. The van der Waals surface area contributed by atoms with Gasteiger partial charge in [0.15, 0.2) is 0 Å². The molecule has 0 amide bonds. The highest BCUT2D eigenvalue weighted by molar-refractivity contribution is 7.89. The van der Waals surface area contributed by atoms with Crippen molar-refractivity contribution in [3.63, 3.8) is 0 Å². The van der Waals surface area contributed by atoms with Gasteiger partial charge in [0.25, 0.3) is 0 Å². The van der Waals surface area contributed by atoms with Crippen LogP contribution in [0.2, 0.25) is 0 Å². The molecule has 7 nitrogen and oxygen atoms in total. The van der Waals surface area contributed by atoms with E-state index in [0.717, 1.165) is 5.56 Å². The minimum atomic E-state index is -3.67. The summed E-state index contributed by atoms with van der Waals surface area (Å²) in [6.45, 7) is 0.247. The second kappa shape index (κ2) is 6.71. The van der Waals surface area contributed by atoms with Gasteiger partial charge in [-0.15, -0.1) is 0 Å². The van der Waals surface area contributed by atoms with Gasteiger partial charge in [0, 0.05) is 19.8 Å². The number of nitrogens with one attached hydrogen (secondary N) is 1. The molecule has 2 rings (SSSR count). The second-order valence-electron chi connectivity index (χ2n) is 4.69. The Hall–Kier alpha value is -2.19. The van der Waals surface area contributed by atoms with Crippen molar-refractivity contribution in [1.82, 2.24) is 14.5 Å². The number of ether oxygens (including phenoxy) is 1. The van der Waals surface area contributed by atoms with Crippen LogP contribution in [0.1, 0.15) is 15.9 Å². The highest BCUT2D eigenvalue weighted by Gasteiger charge is 2.16. The van der Waals surface area contributed by atoms with Gasteiger partial charge in [0.05, 0.1) is 23.8 Å². The third-order valence-corrected chi connectivity index (χ3v) is 4.49. The number of nitrogens with zero attached hydrogens (tertiary/aromatic N) is 2. The Morgan fingerprint density at radius 3 is 2.82 bits per heavy atom. The molecule has 0 spiro atoms. The molecule has 1 aromatic carbocycles. The number of rotatable bonds is 6. The van der Waals surface area contributed by atoms with E-state index in [0.29, 0.717) is 6.42 Å². The van der Waals surface area contributed by atoms with Crippen molar-refractivity contribution in [2.24, 2.45) is 7.05 Å². The molecule has 1 aromatic heterocycles. The summed E-state index contributed by atoms with van der Waals surface area (Å²) in [5, 5.41) is 4.02. The first kappa shape index (κ1) is 16.2. The van der Waals surface area contributed by atoms with Crippen LogP contribution in [0, 0.1) is 0 Å². The van der Waals surface area contributed by atoms with E-state index in [1.165, 1.54) is 31.4 Å². The van der Waals surface area contributed by atoms with E-state index in [4.69, 9.17) is 0 Å². The molecule has 0 aliphatic carbocycles. The minimum absolute atomic E-state index is 0.0292. The molecule has 0 bridgehead atoms. The largest absolute Gasteiger partial charge is 0.465 e. The molecule has 0 saturated heterocycles. The van der Waals surface area contributed by atoms with Crippen molar-refractivity contribution in [3.05, 3.63) is 47.8 Å². The topological polar surface area (TPSA) is 90.3 Å². The smallest absolute Gasteiger partial charge is 0.337 e. The molecule has 22 heavy (non-hydrogen) atoms. The van der Waals surface area contributed by atoms with Crippen molar-refractivity contribution >= 4 is 16.0 Å². The first-order valence-corrected chi connectivity index (χ1v) is 8.06. The average Bonchev–Trinajstić information content (AvgIpc) is 2.92. The molecule has 0 saturated carbocycles. The normalized spacial score (nSPS) is 11.4. The van der Waals surface area contributed by atoms with Gasteiger partial charge in [0.1, 0.15) is 0 Å². The van der Waals surface area contributed by atoms with Crippen LogP contribution >= 0.6 is 0 Å². The highest BCUT2D eigenvalue weighted by Crippen LogP contribution is 2.12. The van der Waals surface area contributed by atoms with E-state index in [1.807, 2.05) is 6.20 Å². The van der Waals surface area contributed by atoms with Crippen LogP contribution < -0.4 is 4.72 Å². The standard InChI is InChI=1S/C14H17N3O4S/c1-17-10-11(9-15-17)6-7-16-22(19,20)13-5-3-4-12(8-13)14(18)21-2/h3-5,8-10,16H,6-7H2,1-2H3. The van der Waals surface area contributed by atoms with Gasteiger partial charge in [-0.25, -0.2) is 17.9 Å². The van der Waals surface area contributed by atoms with Crippen molar-refractivity contribution in [2.75, 3.05) is 13.7 Å². The summed E-state index contributed by atoms with van der Waals surface area (Å²) in [4.78, 5) is 11.5. The van der Waals surface area contributed by atoms with Crippen LogP contribution in [-0.2, 0) is 28.2 Å². The number of hydrogen-bond acceptors (Lipinski definition) is 5. The zero-order valence-electron chi connectivity index (χ0n) is 12.3. The molecule has 0 fully saturated rings. The third kappa shape index (κ3) is 3.92. The molecular formula is C14H17N3O4S. The van der Waals surface area contributed by atoms with Crippen molar-refractivity contribution in [2.45, 2.75) is 11.3 Å². The quantitative estimate of drug-likeness (QED) is 0.791. The Morgan fingerprint density at radius 2 is 2.18 bits per heavy atom. The lowest BCUT2D eigenvalue weighted by Gasteiger charge is -2.07. The van der Waals surface area contributed by atoms with Crippen LogP contribution in [0.15, 0.2) is 41.6 Å². The first-order valence-electron chi connectivity index (χ1n) is 6.58. The zero-order chi connectivity index (χ0) is 16.2. The molecule has 1 heterocycles. The summed E-state index contributed by atoms with van der Waals surface area (Å²) in [7, 11) is -0.630. The summed E-state index contributed by atoms with van der Waals surface area (Å²) in [5.74, 6) is -0.576. The van der Waals surface area contributed by atoms with Crippen LogP contribution in [0.25, 0.3) is 0 Å². The number of aromatic nitrogens is 2. The minimum Gasteiger partial charge on any atom is -0.465 e. The molecule has 1 N–H and O–H groups in total. The van der Waals surface area contributed by atoms with Gasteiger partial charge in [-0.2, -0.15) is 5.10 Å². The van der Waals surface area contributed by atoms with E-state index < -0.39 is 16.0 Å².